The van der Waals surface area contributed by atoms with Gasteiger partial charge in [-0.05, 0) is 87.0 Å². The molecule has 29 heavy (non-hydrogen) atoms. The van der Waals surface area contributed by atoms with E-state index >= 15 is 0 Å². The summed E-state index contributed by atoms with van der Waals surface area (Å²) in [6.07, 6.45) is 10.7. The molecule has 7 atom stereocenters. The largest absolute Gasteiger partial charge is 0.391 e. The number of nitrogens with zero attached hydrogens (tertiary/aromatic N) is 1. The quantitative estimate of drug-likeness (QED) is 0.564. The second-order valence-corrected chi connectivity index (χ2v) is 11.0. The smallest absolute Gasteiger partial charge is 0.202 e. The van der Waals surface area contributed by atoms with Crippen molar-refractivity contribution in [1.82, 2.24) is 5.32 Å². The highest BCUT2D eigenvalue weighted by atomic mass is 16.6. The molecule has 0 unspecified atom stereocenters. The number of carbonyl (C=O) groups excluding carboxylic acids is 2. The average Bonchev–Trinajstić information content (AvgIpc) is 3.13. The third kappa shape index (κ3) is 3.10. The van der Waals surface area contributed by atoms with Crippen LogP contribution in [-0.2, 0) is 14.4 Å². The van der Waals surface area contributed by atoms with Gasteiger partial charge in [-0.3, -0.25) is 9.59 Å². The van der Waals surface area contributed by atoms with Crippen molar-refractivity contribution in [2.75, 3.05) is 13.1 Å². The predicted molar refractivity (Wildman–Crippen MR) is 112 cm³/mol. The maximum absolute atomic E-state index is 13.3. The van der Waals surface area contributed by atoms with Gasteiger partial charge in [-0.1, -0.05) is 25.4 Å². The summed E-state index contributed by atoms with van der Waals surface area (Å²) < 4.78 is 0. The van der Waals surface area contributed by atoms with E-state index in [9.17, 15) is 9.59 Å². The Morgan fingerprint density at radius 1 is 1.00 bits per heavy atom. The van der Waals surface area contributed by atoms with E-state index < -0.39 is 0 Å². The predicted octanol–water partition coefficient (Wildman–Crippen LogP) is 3.90. The van der Waals surface area contributed by atoms with Crippen molar-refractivity contribution in [3.63, 3.8) is 0 Å². The minimum Gasteiger partial charge on any atom is -0.391 e. The molecule has 4 aliphatic carbocycles. The number of oxime groups is 1. The standard InChI is InChI=1S/C24H36N2O3/c1-23-9-3-6-17(23)20-18(8-10-23)24(2)11-7-15(13-19(24)21(27)22(20)28)26-29-16-5-4-12-25-14-16/h16-20,25H,3-14H2,1-2H3/t16-,17+,18+,19-,20+,23+,24-/m1/s1. The second-order valence-electron chi connectivity index (χ2n) is 11.0. The molecule has 1 heterocycles. The zero-order valence-electron chi connectivity index (χ0n) is 18.0. The topological polar surface area (TPSA) is 67.8 Å². The maximum Gasteiger partial charge on any atom is 0.202 e. The van der Waals surface area contributed by atoms with Crippen LogP contribution in [0, 0.1) is 34.5 Å². The number of ketones is 2. The van der Waals surface area contributed by atoms with Gasteiger partial charge in [0.05, 0.1) is 5.71 Å². The summed E-state index contributed by atoms with van der Waals surface area (Å²) in [4.78, 5) is 32.4. The molecule has 5 aliphatic rings. The number of fused-ring (bicyclic) bond motifs is 5. The Morgan fingerprint density at radius 3 is 2.66 bits per heavy atom. The summed E-state index contributed by atoms with van der Waals surface area (Å²) in [5, 5.41) is 7.82. The summed E-state index contributed by atoms with van der Waals surface area (Å²) >= 11 is 0. The Morgan fingerprint density at radius 2 is 1.86 bits per heavy atom. The molecule has 0 aromatic rings. The van der Waals surface area contributed by atoms with Crippen LogP contribution in [-0.4, -0.2) is 36.5 Å². The van der Waals surface area contributed by atoms with Crippen LogP contribution in [0.3, 0.4) is 0 Å². The lowest BCUT2D eigenvalue weighted by Crippen LogP contribution is -2.60. The third-order valence-corrected chi connectivity index (χ3v) is 9.53. The van der Waals surface area contributed by atoms with Gasteiger partial charge >= 0.3 is 0 Å². The van der Waals surface area contributed by atoms with Crippen LogP contribution in [0.4, 0.5) is 0 Å². The second kappa shape index (κ2) is 7.18. The maximum atomic E-state index is 13.3. The zero-order valence-corrected chi connectivity index (χ0v) is 18.0. The molecular formula is C24H36N2O3. The fraction of sp³-hybridized carbons (Fsp3) is 0.875. The van der Waals surface area contributed by atoms with Gasteiger partial charge in [0, 0.05) is 18.4 Å². The molecule has 0 aromatic heterocycles. The molecule has 160 valence electrons. The molecule has 5 fully saturated rings. The molecule has 5 nitrogen and oxygen atoms in total. The highest BCUT2D eigenvalue weighted by Gasteiger charge is 2.63. The number of nitrogens with one attached hydrogen (secondary N) is 1. The van der Waals surface area contributed by atoms with Crippen LogP contribution in [0.25, 0.3) is 0 Å². The first-order valence-electron chi connectivity index (χ1n) is 11.9. The number of hydrogen-bond acceptors (Lipinski definition) is 5. The number of hydrogen-bond donors (Lipinski definition) is 1. The number of carbonyl (C=O) groups is 2. The molecule has 0 radical (unpaired) electrons. The van der Waals surface area contributed by atoms with Crippen LogP contribution >= 0.6 is 0 Å². The lowest BCUT2D eigenvalue weighted by atomic mass is 9.44. The number of Topliss-reactive ketones (excluding diaryl/α,β-unsaturated/α-hetero) is 2. The van der Waals surface area contributed by atoms with Crippen molar-refractivity contribution in [3.05, 3.63) is 0 Å². The van der Waals surface area contributed by atoms with E-state index in [2.05, 4.69) is 24.3 Å². The minimum atomic E-state index is -0.192. The Hall–Kier alpha value is -1.23. The van der Waals surface area contributed by atoms with Crippen molar-refractivity contribution in [2.24, 2.45) is 39.7 Å². The Labute approximate surface area is 174 Å². The lowest BCUT2D eigenvalue weighted by Gasteiger charge is -2.58. The molecule has 0 amide bonds. The molecule has 1 N–H and O–H groups in total. The average molecular weight is 401 g/mol. The first-order valence-corrected chi connectivity index (χ1v) is 11.9. The third-order valence-electron chi connectivity index (χ3n) is 9.53. The first-order chi connectivity index (χ1) is 13.9. The fourth-order valence-corrected chi connectivity index (χ4v) is 7.71. The SMILES string of the molecule is C[C@@]12CCC[C@H]1[C@@H]1C(=O)C(=O)[C@H]3CC(=NO[C@@H]4CCCNC4)CC[C@]3(C)[C@H]1CC2. The Kier molecular flexibility index (Phi) is 4.88. The van der Waals surface area contributed by atoms with E-state index in [4.69, 9.17) is 4.84 Å². The van der Waals surface area contributed by atoms with Crippen molar-refractivity contribution in [1.29, 1.82) is 0 Å². The molecule has 0 aromatic carbocycles. The van der Waals surface area contributed by atoms with E-state index in [-0.39, 0.29) is 40.3 Å². The van der Waals surface area contributed by atoms with E-state index in [1.54, 1.807) is 0 Å². The van der Waals surface area contributed by atoms with Gasteiger partial charge in [-0.25, -0.2) is 0 Å². The van der Waals surface area contributed by atoms with E-state index in [0.29, 0.717) is 18.3 Å². The van der Waals surface area contributed by atoms with Gasteiger partial charge in [0.15, 0.2) is 0 Å². The Balaban J connectivity index is 1.36. The van der Waals surface area contributed by atoms with Crippen molar-refractivity contribution < 1.29 is 14.4 Å². The van der Waals surface area contributed by atoms with E-state index in [0.717, 1.165) is 57.3 Å². The highest BCUT2D eigenvalue weighted by molar-refractivity contribution is 6.40. The molecule has 5 rings (SSSR count). The Bertz CT molecular complexity index is 728. The van der Waals surface area contributed by atoms with Gasteiger partial charge in [0.25, 0.3) is 0 Å². The highest BCUT2D eigenvalue weighted by Crippen LogP contribution is 2.64. The molecule has 4 saturated carbocycles. The minimum absolute atomic E-state index is 0.0203. The van der Waals surface area contributed by atoms with Crippen LogP contribution in [0.5, 0.6) is 0 Å². The molecule has 0 spiro atoms. The lowest BCUT2D eigenvalue weighted by molar-refractivity contribution is -0.164. The van der Waals surface area contributed by atoms with Gasteiger partial charge in [-0.2, -0.15) is 0 Å². The van der Waals surface area contributed by atoms with Crippen LogP contribution in [0.2, 0.25) is 0 Å². The number of piperidine rings is 1. The normalized spacial score (nSPS) is 48.8. The molecular weight excluding hydrogens is 364 g/mol. The van der Waals surface area contributed by atoms with Crippen molar-refractivity contribution in [2.45, 2.75) is 84.2 Å². The zero-order chi connectivity index (χ0) is 20.2. The van der Waals surface area contributed by atoms with Gasteiger partial charge in [-0.15, -0.1) is 0 Å². The molecule has 5 heteroatoms. The monoisotopic (exact) mass is 400 g/mol. The van der Waals surface area contributed by atoms with Crippen molar-refractivity contribution >= 4 is 17.3 Å². The van der Waals surface area contributed by atoms with E-state index in [1.807, 2.05) is 0 Å². The van der Waals surface area contributed by atoms with Gasteiger partial charge in [0.2, 0.25) is 11.6 Å². The summed E-state index contributed by atoms with van der Waals surface area (Å²) in [6, 6.07) is 0. The molecule has 1 aliphatic heterocycles. The number of rotatable bonds is 2. The van der Waals surface area contributed by atoms with Gasteiger partial charge < -0.3 is 10.2 Å². The summed E-state index contributed by atoms with van der Waals surface area (Å²) in [6.45, 7) is 6.57. The van der Waals surface area contributed by atoms with Crippen LogP contribution < -0.4 is 5.32 Å². The summed E-state index contributed by atoms with van der Waals surface area (Å²) in [7, 11) is 0. The molecule has 0 bridgehead atoms. The van der Waals surface area contributed by atoms with Crippen molar-refractivity contribution in [3.8, 4) is 0 Å². The van der Waals surface area contributed by atoms with E-state index in [1.165, 1.54) is 19.3 Å². The first kappa shape index (κ1) is 19.7. The summed E-state index contributed by atoms with van der Waals surface area (Å²) in [5.41, 5.74) is 1.22. The molecule has 1 saturated heterocycles. The van der Waals surface area contributed by atoms with Crippen LogP contribution in [0.1, 0.15) is 78.1 Å². The summed E-state index contributed by atoms with van der Waals surface area (Å²) in [5.74, 6) is 0.438. The fourth-order valence-electron chi connectivity index (χ4n) is 7.71. The van der Waals surface area contributed by atoms with Crippen LogP contribution in [0.15, 0.2) is 5.16 Å². The van der Waals surface area contributed by atoms with Gasteiger partial charge in [0.1, 0.15) is 6.10 Å².